The van der Waals surface area contributed by atoms with Crippen molar-refractivity contribution in [1.82, 2.24) is 20.5 Å². The highest BCUT2D eigenvalue weighted by Gasteiger charge is 2.16. The summed E-state index contributed by atoms with van der Waals surface area (Å²) in [5, 5.41) is 9.81. The molecule has 2 N–H and O–H groups in total. The van der Waals surface area contributed by atoms with Gasteiger partial charge in [-0.3, -0.25) is 5.10 Å². The van der Waals surface area contributed by atoms with Crippen molar-refractivity contribution in [3.05, 3.63) is 33.5 Å². The molecule has 74 valence electrons. The summed E-state index contributed by atoms with van der Waals surface area (Å²) in [6, 6.07) is 3.90. The fourth-order valence-electron chi connectivity index (χ4n) is 1.25. The largest absolute Gasteiger partial charge is 0.306 e. The molecule has 0 aliphatic heterocycles. The van der Waals surface area contributed by atoms with Crippen molar-refractivity contribution in [3.63, 3.8) is 0 Å². The Morgan fingerprint density at radius 3 is 2.93 bits per heavy atom. The number of hydrogen-bond acceptors (Lipinski definition) is 4. The molecule has 2 rings (SSSR count). The lowest BCUT2D eigenvalue weighted by molar-refractivity contribution is 0.660. The van der Waals surface area contributed by atoms with Crippen LogP contribution in [0.25, 0.3) is 0 Å². The zero-order valence-electron chi connectivity index (χ0n) is 7.49. The van der Waals surface area contributed by atoms with Gasteiger partial charge >= 0.3 is 0 Å². The second-order valence-corrected chi connectivity index (χ2v) is 4.48. The summed E-state index contributed by atoms with van der Waals surface area (Å²) < 4.78 is 0.778. The Balaban J connectivity index is 2.31. The Morgan fingerprint density at radius 2 is 2.43 bits per heavy atom. The van der Waals surface area contributed by atoms with E-state index in [1.807, 2.05) is 19.2 Å². The zero-order chi connectivity index (χ0) is 9.97. The number of halogens is 1. The highest BCUT2D eigenvalue weighted by atomic mass is 35.5. The van der Waals surface area contributed by atoms with Crippen LogP contribution in [0.4, 0.5) is 0 Å². The van der Waals surface area contributed by atoms with E-state index in [4.69, 9.17) is 11.6 Å². The van der Waals surface area contributed by atoms with Crippen molar-refractivity contribution in [2.24, 2.45) is 0 Å². The molecule has 2 heterocycles. The summed E-state index contributed by atoms with van der Waals surface area (Å²) in [6.45, 7) is 0. The first-order valence-corrected chi connectivity index (χ1v) is 5.28. The van der Waals surface area contributed by atoms with Gasteiger partial charge in [-0.15, -0.1) is 11.3 Å². The van der Waals surface area contributed by atoms with Crippen molar-refractivity contribution in [3.8, 4) is 0 Å². The van der Waals surface area contributed by atoms with Crippen LogP contribution in [0.3, 0.4) is 0 Å². The molecule has 0 aromatic carbocycles. The maximum atomic E-state index is 5.87. The topological polar surface area (TPSA) is 53.6 Å². The van der Waals surface area contributed by atoms with E-state index in [-0.39, 0.29) is 6.04 Å². The molecule has 0 fully saturated rings. The number of aromatic nitrogens is 3. The SMILES string of the molecule is CNC(c1ncn[nH]1)c1ccc(Cl)s1. The van der Waals surface area contributed by atoms with Crippen LogP contribution >= 0.6 is 22.9 Å². The molecule has 1 unspecified atom stereocenters. The average molecular weight is 229 g/mol. The van der Waals surface area contributed by atoms with Crippen LogP contribution in [0, 0.1) is 0 Å². The summed E-state index contributed by atoms with van der Waals surface area (Å²) in [6.07, 6.45) is 1.49. The first-order valence-electron chi connectivity index (χ1n) is 4.09. The minimum Gasteiger partial charge on any atom is -0.306 e. The predicted octanol–water partition coefficient (Wildman–Crippen LogP) is 1.83. The second-order valence-electron chi connectivity index (χ2n) is 2.73. The molecule has 0 saturated heterocycles. The predicted molar refractivity (Wildman–Crippen MR) is 56.6 cm³/mol. The lowest BCUT2D eigenvalue weighted by Gasteiger charge is -2.10. The fourth-order valence-corrected chi connectivity index (χ4v) is 2.43. The Hall–Kier alpha value is -0.910. The minimum atomic E-state index is 0.0370. The first-order chi connectivity index (χ1) is 6.81. The van der Waals surface area contributed by atoms with E-state index in [9.17, 15) is 0 Å². The van der Waals surface area contributed by atoms with Gasteiger partial charge in [-0.2, -0.15) is 5.10 Å². The number of hydrogen-bond donors (Lipinski definition) is 2. The summed E-state index contributed by atoms with van der Waals surface area (Å²) >= 11 is 7.40. The summed E-state index contributed by atoms with van der Waals surface area (Å²) in [7, 11) is 1.88. The fraction of sp³-hybridized carbons (Fsp3) is 0.250. The van der Waals surface area contributed by atoms with Crippen LogP contribution in [-0.2, 0) is 0 Å². The summed E-state index contributed by atoms with van der Waals surface area (Å²) in [4.78, 5) is 5.23. The molecular weight excluding hydrogens is 220 g/mol. The molecule has 0 radical (unpaired) electrons. The molecule has 4 nitrogen and oxygen atoms in total. The molecule has 14 heavy (non-hydrogen) atoms. The molecule has 0 aliphatic rings. The Bertz CT molecular complexity index is 397. The van der Waals surface area contributed by atoms with E-state index >= 15 is 0 Å². The summed E-state index contributed by atoms with van der Waals surface area (Å²) in [5.74, 6) is 0.797. The number of nitrogens with zero attached hydrogens (tertiary/aromatic N) is 2. The number of H-pyrrole nitrogens is 1. The normalized spacial score (nSPS) is 13.0. The van der Waals surface area contributed by atoms with Gasteiger partial charge in [0.15, 0.2) is 0 Å². The summed E-state index contributed by atoms with van der Waals surface area (Å²) in [5.41, 5.74) is 0. The van der Waals surface area contributed by atoms with E-state index in [1.54, 1.807) is 0 Å². The van der Waals surface area contributed by atoms with Crippen LogP contribution in [-0.4, -0.2) is 22.2 Å². The lowest BCUT2D eigenvalue weighted by Crippen LogP contribution is -2.17. The molecule has 0 spiro atoms. The van der Waals surface area contributed by atoms with Crippen LogP contribution in [0.15, 0.2) is 18.5 Å². The van der Waals surface area contributed by atoms with Crippen molar-refractivity contribution < 1.29 is 0 Å². The van der Waals surface area contributed by atoms with Gasteiger partial charge in [0, 0.05) is 4.88 Å². The highest BCUT2D eigenvalue weighted by molar-refractivity contribution is 7.16. The maximum absolute atomic E-state index is 5.87. The number of aromatic amines is 1. The van der Waals surface area contributed by atoms with Crippen molar-refractivity contribution in [2.75, 3.05) is 7.05 Å². The Morgan fingerprint density at radius 1 is 1.57 bits per heavy atom. The van der Waals surface area contributed by atoms with Gasteiger partial charge in [0.05, 0.1) is 4.34 Å². The highest BCUT2D eigenvalue weighted by Crippen LogP contribution is 2.28. The van der Waals surface area contributed by atoms with Gasteiger partial charge < -0.3 is 5.32 Å². The molecule has 2 aromatic heterocycles. The maximum Gasteiger partial charge on any atom is 0.146 e. The third kappa shape index (κ3) is 1.79. The van der Waals surface area contributed by atoms with Crippen molar-refractivity contribution in [2.45, 2.75) is 6.04 Å². The van der Waals surface area contributed by atoms with Crippen LogP contribution in [0.2, 0.25) is 4.34 Å². The first kappa shape index (κ1) is 9.64. The standard InChI is InChI=1S/C8H9ClN4S/c1-10-7(8-11-4-12-13-8)5-2-3-6(9)14-5/h2-4,7,10H,1H3,(H,11,12,13). The van der Waals surface area contributed by atoms with Gasteiger partial charge in [-0.05, 0) is 19.2 Å². The molecule has 0 bridgehead atoms. The number of thiophene rings is 1. The van der Waals surface area contributed by atoms with E-state index in [1.165, 1.54) is 17.7 Å². The smallest absolute Gasteiger partial charge is 0.146 e. The average Bonchev–Trinajstić information content (AvgIpc) is 2.79. The zero-order valence-corrected chi connectivity index (χ0v) is 9.06. The molecule has 0 aliphatic carbocycles. The van der Waals surface area contributed by atoms with Crippen LogP contribution in [0.1, 0.15) is 16.7 Å². The molecule has 0 amide bonds. The molecule has 2 aromatic rings. The van der Waals surface area contributed by atoms with E-state index in [0.717, 1.165) is 15.0 Å². The van der Waals surface area contributed by atoms with Gasteiger partial charge in [0.25, 0.3) is 0 Å². The van der Waals surface area contributed by atoms with E-state index in [0.29, 0.717) is 0 Å². The molecule has 6 heteroatoms. The third-order valence-corrected chi connectivity index (χ3v) is 3.17. The number of nitrogens with one attached hydrogen (secondary N) is 2. The monoisotopic (exact) mass is 228 g/mol. The third-order valence-electron chi connectivity index (χ3n) is 1.87. The number of rotatable bonds is 3. The van der Waals surface area contributed by atoms with E-state index < -0.39 is 0 Å². The Kier molecular flexibility index (Phi) is 2.81. The minimum absolute atomic E-state index is 0.0370. The molecule has 1 atom stereocenters. The molecule has 0 saturated carbocycles. The van der Waals surface area contributed by atoms with Gasteiger partial charge in [0.1, 0.15) is 18.2 Å². The molecular formula is C8H9ClN4S. The lowest BCUT2D eigenvalue weighted by atomic mass is 10.2. The van der Waals surface area contributed by atoms with Gasteiger partial charge in [-0.25, -0.2) is 4.98 Å². The Labute approximate surface area is 90.3 Å². The quantitative estimate of drug-likeness (QED) is 0.843. The van der Waals surface area contributed by atoms with Gasteiger partial charge in [-0.1, -0.05) is 11.6 Å². The van der Waals surface area contributed by atoms with Crippen molar-refractivity contribution >= 4 is 22.9 Å². The second kappa shape index (κ2) is 4.08. The van der Waals surface area contributed by atoms with E-state index in [2.05, 4.69) is 20.5 Å². The van der Waals surface area contributed by atoms with Crippen molar-refractivity contribution in [1.29, 1.82) is 0 Å². The van der Waals surface area contributed by atoms with Crippen LogP contribution in [0.5, 0.6) is 0 Å². The van der Waals surface area contributed by atoms with Crippen LogP contribution < -0.4 is 5.32 Å². The van der Waals surface area contributed by atoms with Gasteiger partial charge in [0.2, 0.25) is 0 Å².